The highest BCUT2D eigenvalue weighted by Crippen LogP contribution is 2.43. The summed E-state index contributed by atoms with van der Waals surface area (Å²) < 4.78 is 49.5. The summed E-state index contributed by atoms with van der Waals surface area (Å²) in [6, 6.07) is 2.85. The molecule has 2 aromatic rings. The molecule has 1 unspecified atom stereocenters. The Morgan fingerprint density at radius 1 is 1.30 bits per heavy atom. The minimum Gasteiger partial charge on any atom is -0.495 e. The molecule has 9 nitrogen and oxygen atoms in total. The first-order valence-electron chi connectivity index (χ1n) is 8.60. The molecule has 160 valence electrons. The largest absolute Gasteiger partial charge is 0.495 e. The first-order valence-corrected chi connectivity index (χ1v) is 8.60. The van der Waals surface area contributed by atoms with Crippen LogP contribution in [0.5, 0.6) is 11.5 Å². The fourth-order valence-electron chi connectivity index (χ4n) is 2.90. The van der Waals surface area contributed by atoms with Crippen LogP contribution in [0.25, 0.3) is 0 Å². The van der Waals surface area contributed by atoms with Crippen LogP contribution in [-0.2, 0) is 15.8 Å². The van der Waals surface area contributed by atoms with Crippen molar-refractivity contribution in [1.82, 2.24) is 14.9 Å². The predicted molar refractivity (Wildman–Crippen MR) is 99.9 cm³/mol. The lowest BCUT2D eigenvalue weighted by Gasteiger charge is -2.16. The van der Waals surface area contributed by atoms with E-state index in [0.29, 0.717) is 11.8 Å². The van der Waals surface area contributed by atoms with E-state index in [1.54, 1.807) is 0 Å². The molecule has 3 rings (SSSR count). The summed E-state index contributed by atoms with van der Waals surface area (Å²) in [5.74, 6) is -2.52. The molecule has 0 fully saturated rings. The molecular formula is C18H18F3N5O4. The second-order valence-corrected chi connectivity index (χ2v) is 6.51. The standard InChI is InChI=1S/C18H18F3N5O4/c1-22-14-9(18(19,20)21)7-23-17(25-14)24-10-6-11-8(5-12(10)29-4)13(16(28)30-11)15(27)26(2)3/h5-7,13H,1-4H3,(H2,22,23,24,25). The number of esters is 1. The van der Waals surface area contributed by atoms with Crippen LogP contribution in [0, 0.1) is 0 Å². The van der Waals surface area contributed by atoms with Gasteiger partial charge in [0.25, 0.3) is 0 Å². The van der Waals surface area contributed by atoms with E-state index in [9.17, 15) is 22.8 Å². The van der Waals surface area contributed by atoms with Gasteiger partial charge in [-0.15, -0.1) is 0 Å². The third kappa shape index (κ3) is 3.80. The number of anilines is 3. The lowest BCUT2D eigenvalue weighted by molar-refractivity contribution is -0.142. The van der Waals surface area contributed by atoms with E-state index in [1.165, 1.54) is 45.3 Å². The van der Waals surface area contributed by atoms with Gasteiger partial charge in [0.2, 0.25) is 11.9 Å². The molecule has 12 heteroatoms. The van der Waals surface area contributed by atoms with E-state index in [-0.39, 0.29) is 23.1 Å². The number of rotatable bonds is 5. The third-order valence-corrected chi connectivity index (χ3v) is 4.35. The Hall–Kier alpha value is -3.57. The number of benzene rings is 1. The molecule has 0 radical (unpaired) electrons. The van der Waals surface area contributed by atoms with Crippen molar-refractivity contribution in [3.63, 3.8) is 0 Å². The minimum atomic E-state index is -4.62. The van der Waals surface area contributed by atoms with E-state index >= 15 is 0 Å². The number of carbonyl (C=O) groups excluding carboxylic acids is 2. The molecule has 0 saturated heterocycles. The summed E-state index contributed by atoms with van der Waals surface area (Å²) in [5.41, 5.74) is -0.454. The van der Waals surface area contributed by atoms with Crippen LogP contribution in [-0.4, -0.2) is 55.0 Å². The quantitative estimate of drug-likeness (QED) is 0.427. The highest BCUT2D eigenvalue weighted by Gasteiger charge is 2.41. The first-order chi connectivity index (χ1) is 14.1. The summed E-state index contributed by atoms with van der Waals surface area (Å²) in [6.45, 7) is 0. The third-order valence-electron chi connectivity index (χ3n) is 4.35. The summed E-state index contributed by atoms with van der Waals surface area (Å²) in [6.07, 6.45) is -3.98. The molecule has 0 bridgehead atoms. The Morgan fingerprint density at radius 3 is 2.57 bits per heavy atom. The SMILES string of the molecule is CNc1nc(Nc2cc3c(cc2OC)C(C(=O)N(C)C)C(=O)O3)ncc1C(F)(F)F. The molecule has 0 spiro atoms. The van der Waals surface area contributed by atoms with Gasteiger partial charge in [-0.05, 0) is 6.07 Å². The molecule has 1 aromatic heterocycles. The fraction of sp³-hybridized carbons (Fsp3) is 0.333. The molecule has 2 heterocycles. The topological polar surface area (TPSA) is 106 Å². The highest BCUT2D eigenvalue weighted by atomic mass is 19.4. The highest BCUT2D eigenvalue weighted by molar-refractivity contribution is 6.07. The number of ether oxygens (including phenoxy) is 2. The van der Waals surface area contributed by atoms with Crippen LogP contribution in [0.1, 0.15) is 17.0 Å². The smallest absolute Gasteiger partial charge is 0.421 e. The maximum atomic E-state index is 13.0. The average molecular weight is 425 g/mol. The van der Waals surface area contributed by atoms with Gasteiger partial charge in [0.15, 0.2) is 5.92 Å². The first kappa shape index (κ1) is 21.1. The van der Waals surface area contributed by atoms with Crippen LogP contribution in [0.3, 0.4) is 0 Å². The number of halogens is 3. The van der Waals surface area contributed by atoms with Crippen molar-refractivity contribution in [1.29, 1.82) is 0 Å². The number of nitrogens with zero attached hydrogens (tertiary/aromatic N) is 3. The van der Waals surface area contributed by atoms with E-state index in [4.69, 9.17) is 9.47 Å². The number of fused-ring (bicyclic) bond motifs is 1. The summed E-state index contributed by atoms with van der Waals surface area (Å²) >= 11 is 0. The van der Waals surface area contributed by atoms with Crippen molar-refractivity contribution in [3.8, 4) is 11.5 Å². The lowest BCUT2D eigenvalue weighted by atomic mass is 9.98. The number of hydrogen-bond acceptors (Lipinski definition) is 8. The minimum absolute atomic E-state index is 0.129. The molecule has 0 aliphatic carbocycles. The van der Waals surface area contributed by atoms with Gasteiger partial charge in [0, 0.05) is 39.0 Å². The van der Waals surface area contributed by atoms with E-state index in [1.807, 2.05) is 0 Å². The van der Waals surface area contributed by atoms with Gasteiger partial charge in [0.1, 0.15) is 22.9 Å². The van der Waals surface area contributed by atoms with Crippen molar-refractivity contribution in [2.75, 3.05) is 38.9 Å². The zero-order valence-electron chi connectivity index (χ0n) is 16.4. The average Bonchev–Trinajstić information content (AvgIpc) is 3.00. The predicted octanol–water partition coefficient (Wildman–Crippen LogP) is 2.38. The number of nitrogens with one attached hydrogen (secondary N) is 2. The van der Waals surface area contributed by atoms with Crippen molar-refractivity contribution >= 4 is 29.3 Å². The Balaban J connectivity index is 1.98. The number of alkyl halides is 3. The van der Waals surface area contributed by atoms with Crippen LogP contribution >= 0.6 is 0 Å². The van der Waals surface area contributed by atoms with Crippen molar-refractivity contribution in [2.24, 2.45) is 0 Å². The van der Waals surface area contributed by atoms with Crippen LogP contribution < -0.4 is 20.1 Å². The van der Waals surface area contributed by atoms with E-state index in [2.05, 4.69) is 20.6 Å². The molecule has 1 aliphatic rings. The van der Waals surface area contributed by atoms with Crippen molar-refractivity contribution in [3.05, 3.63) is 29.5 Å². The van der Waals surface area contributed by atoms with Crippen LogP contribution in [0.15, 0.2) is 18.3 Å². The normalized spacial score (nSPS) is 15.3. The number of carbonyl (C=O) groups is 2. The van der Waals surface area contributed by atoms with Gasteiger partial charge in [-0.2, -0.15) is 18.2 Å². The Morgan fingerprint density at radius 2 is 2.00 bits per heavy atom. The molecule has 1 amide bonds. The lowest BCUT2D eigenvalue weighted by Crippen LogP contribution is -2.31. The molecule has 0 saturated carbocycles. The number of methoxy groups -OCH3 is 1. The number of amides is 1. The molecule has 2 N–H and O–H groups in total. The Labute approximate surface area is 169 Å². The fourth-order valence-corrected chi connectivity index (χ4v) is 2.90. The van der Waals surface area contributed by atoms with Gasteiger partial charge in [-0.3, -0.25) is 9.59 Å². The summed E-state index contributed by atoms with van der Waals surface area (Å²) in [5, 5.41) is 5.13. The Kier molecular flexibility index (Phi) is 5.42. The summed E-state index contributed by atoms with van der Waals surface area (Å²) in [4.78, 5) is 33.3. The Bertz CT molecular complexity index is 1010. The van der Waals surface area contributed by atoms with Gasteiger partial charge in [-0.1, -0.05) is 0 Å². The number of aromatic nitrogens is 2. The monoisotopic (exact) mass is 425 g/mol. The van der Waals surface area contributed by atoms with E-state index < -0.39 is 35.4 Å². The number of hydrogen-bond donors (Lipinski definition) is 2. The molecule has 1 atom stereocenters. The second kappa shape index (κ2) is 7.69. The van der Waals surface area contributed by atoms with Crippen molar-refractivity contribution in [2.45, 2.75) is 12.1 Å². The molecular weight excluding hydrogens is 407 g/mol. The van der Waals surface area contributed by atoms with Gasteiger partial charge < -0.3 is 25.0 Å². The molecule has 1 aromatic carbocycles. The number of likely N-dealkylation sites (N-methyl/N-ethyl adjacent to an activating group) is 1. The molecule has 1 aliphatic heterocycles. The second-order valence-electron chi connectivity index (χ2n) is 6.51. The zero-order chi connectivity index (χ0) is 22.2. The van der Waals surface area contributed by atoms with Crippen molar-refractivity contribution < 1.29 is 32.2 Å². The maximum absolute atomic E-state index is 13.0. The van der Waals surface area contributed by atoms with Gasteiger partial charge in [-0.25, -0.2) is 4.98 Å². The van der Waals surface area contributed by atoms with Crippen LogP contribution in [0.2, 0.25) is 0 Å². The zero-order valence-corrected chi connectivity index (χ0v) is 16.4. The maximum Gasteiger partial charge on any atom is 0.421 e. The van der Waals surface area contributed by atoms with Gasteiger partial charge in [0.05, 0.1) is 12.8 Å². The van der Waals surface area contributed by atoms with Crippen LogP contribution in [0.4, 0.5) is 30.6 Å². The summed E-state index contributed by atoms with van der Waals surface area (Å²) in [7, 11) is 5.70. The van der Waals surface area contributed by atoms with Gasteiger partial charge >= 0.3 is 12.1 Å². The van der Waals surface area contributed by atoms with E-state index in [0.717, 1.165) is 0 Å². The molecule has 30 heavy (non-hydrogen) atoms.